The van der Waals surface area contributed by atoms with Crippen molar-refractivity contribution >= 4 is 36.4 Å². The third-order valence-corrected chi connectivity index (χ3v) is 3.58. The molecule has 0 unspecified atom stereocenters. The molecule has 0 aromatic heterocycles. The van der Waals surface area contributed by atoms with Crippen molar-refractivity contribution in [1.29, 1.82) is 0 Å². The number of rotatable bonds is 8. The summed E-state index contributed by atoms with van der Waals surface area (Å²) in [5.41, 5.74) is 1.83. The van der Waals surface area contributed by atoms with Crippen molar-refractivity contribution in [1.82, 2.24) is 10.6 Å². The summed E-state index contributed by atoms with van der Waals surface area (Å²) in [4.78, 5) is 14.3. The van der Waals surface area contributed by atoms with Gasteiger partial charge in [-0.2, -0.15) is 0 Å². The van der Waals surface area contributed by atoms with E-state index in [1.807, 2.05) is 24.3 Å². The van der Waals surface area contributed by atoms with Gasteiger partial charge >= 0.3 is 0 Å². The Hall–Kier alpha value is -1.05. The predicted octanol–water partition coefficient (Wildman–Crippen LogP) is 1.33. The lowest BCUT2D eigenvalue weighted by Crippen LogP contribution is -2.36. The number of methoxy groups -OCH3 is 1. The molecule has 1 aliphatic heterocycles. The number of halogens is 2. The van der Waals surface area contributed by atoms with Crippen LogP contribution in [0, 0.1) is 0 Å². The highest BCUT2D eigenvalue weighted by molar-refractivity contribution is 5.94. The van der Waals surface area contributed by atoms with Gasteiger partial charge in [-0.1, -0.05) is 0 Å². The van der Waals surface area contributed by atoms with Crippen LogP contribution in [0.2, 0.25) is 0 Å². The van der Waals surface area contributed by atoms with E-state index in [4.69, 9.17) is 9.47 Å². The molecule has 0 aliphatic carbocycles. The smallest absolute Gasteiger partial charge is 0.251 e. The van der Waals surface area contributed by atoms with Gasteiger partial charge in [0.05, 0.1) is 19.8 Å². The molecular weight excluding hydrogens is 353 g/mol. The summed E-state index contributed by atoms with van der Waals surface area (Å²) in [5.74, 6) is -0.0398. The minimum atomic E-state index is -0.0398. The highest BCUT2D eigenvalue weighted by Gasteiger charge is 2.12. The molecule has 1 aromatic rings. The molecule has 1 aliphatic rings. The lowest BCUT2D eigenvalue weighted by atomic mass is 10.1. The van der Waals surface area contributed by atoms with E-state index in [9.17, 15) is 4.79 Å². The lowest BCUT2D eigenvalue weighted by Gasteiger charge is -2.28. The van der Waals surface area contributed by atoms with Crippen molar-refractivity contribution < 1.29 is 14.3 Å². The Kier molecular flexibility index (Phi) is 12.7. The quantitative estimate of drug-likeness (QED) is 0.667. The second kappa shape index (κ2) is 13.3. The Labute approximate surface area is 156 Å². The number of nitrogens with zero attached hydrogens (tertiary/aromatic N) is 1. The molecule has 0 bridgehead atoms. The number of hydrogen-bond acceptors (Lipinski definition) is 5. The molecule has 2 N–H and O–H groups in total. The maximum absolute atomic E-state index is 12.0. The summed E-state index contributed by atoms with van der Waals surface area (Å²) in [5, 5.41) is 6.09. The van der Waals surface area contributed by atoms with E-state index in [2.05, 4.69) is 15.5 Å². The number of benzene rings is 1. The number of hydrogen-bond donors (Lipinski definition) is 2. The Morgan fingerprint density at radius 2 is 1.79 bits per heavy atom. The molecule has 0 atom stereocenters. The summed E-state index contributed by atoms with van der Waals surface area (Å²) < 4.78 is 10.3. The molecule has 24 heavy (non-hydrogen) atoms. The van der Waals surface area contributed by atoms with Gasteiger partial charge in [0.2, 0.25) is 0 Å². The number of amides is 1. The third-order valence-electron chi connectivity index (χ3n) is 3.58. The number of carbonyl (C=O) groups excluding carboxylic acids is 1. The molecule has 0 spiro atoms. The van der Waals surface area contributed by atoms with E-state index in [-0.39, 0.29) is 30.7 Å². The topological polar surface area (TPSA) is 62.8 Å². The largest absolute Gasteiger partial charge is 0.383 e. The molecule has 1 fully saturated rings. The van der Waals surface area contributed by atoms with E-state index >= 15 is 0 Å². The van der Waals surface area contributed by atoms with Gasteiger partial charge in [0.25, 0.3) is 5.91 Å². The van der Waals surface area contributed by atoms with Crippen LogP contribution < -0.4 is 15.5 Å². The SMILES string of the molecule is COCCNCCNC(=O)c1ccc(N2CCOCC2)cc1.Cl.Cl. The van der Waals surface area contributed by atoms with Gasteiger partial charge in [0.1, 0.15) is 0 Å². The molecule has 1 heterocycles. The van der Waals surface area contributed by atoms with Crippen molar-refractivity contribution in [2.24, 2.45) is 0 Å². The monoisotopic (exact) mass is 379 g/mol. The van der Waals surface area contributed by atoms with Crippen LogP contribution in [0.3, 0.4) is 0 Å². The average molecular weight is 380 g/mol. The van der Waals surface area contributed by atoms with Gasteiger partial charge in [0.15, 0.2) is 0 Å². The molecule has 8 heteroatoms. The van der Waals surface area contributed by atoms with Crippen molar-refractivity contribution in [3.8, 4) is 0 Å². The first kappa shape index (κ1) is 22.9. The minimum Gasteiger partial charge on any atom is -0.383 e. The first-order valence-electron chi connectivity index (χ1n) is 7.72. The van der Waals surface area contributed by atoms with Crippen molar-refractivity contribution in [2.45, 2.75) is 0 Å². The van der Waals surface area contributed by atoms with Crippen molar-refractivity contribution in [3.63, 3.8) is 0 Å². The summed E-state index contributed by atoms with van der Waals surface area (Å²) >= 11 is 0. The van der Waals surface area contributed by atoms with Gasteiger partial charge in [-0.25, -0.2) is 0 Å². The number of ether oxygens (including phenoxy) is 2. The van der Waals surface area contributed by atoms with Crippen LogP contribution in [0.25, 0.3) is 0 Å². The average Bonchev–Trinajstić information content (AvgIpc) is 2.59. The fourth-order valence-corrected chi connectivity index (χ4v) is 2.31. The van der Waals surface area contributed by atoms with Crippen LogP contribution in [0.5, 0.6) is 0 Å². The maximum Gasteiger partial charge on any atom is 0.251 e. The Morgan fingerprint density at radius 3 is 2.42 bits per heavy atom. The van der Waals surface area contributed by atoms with E-state index in [0.717, 1.165) is 45.1 Å². The van der Waals surface area contributed by atoms with Crippen LogP contribution in [0.1, 0.15) is 10.4 Å². The van der Waals surface area contributed by atoms with Crippen LogP contribution in [-0.2, 0) is 9.47 Å². The van der Waals surface area contributed by atoms with Gasteiger partial charge in [-0.05, 0) is 24.3 Å². The first-order valence-corrected chi connectivity index (χ1v) is 7.72. The summed E-state index contributed by atoms with van der Waals surface area (Å²) in [6.07, 6.45) is 0. The number of morpholine rings is 1. The number of nitrogens with one attached hydrogen (secondary N) is 2. The Morgan fingerprint density at radius 1 is 1.12 bits per heavy atom. The molecule has 1 aromatic carbocycles. The zero-order valence-electron chi connectivity index (χ0n) is 14.0. The van der Waals surface area contributed by atoms with Crippen LogP contribution in [-0.4, -0.2) is 65.6 Å². The van der Waals surface area contributed by atoms with Crippen LogP contribution >= 0.6 is 24.8 Å². The van der Waals surface area contributed by atoms with Gasteiger partial charge in [-0.3, -0.25) is 4.79 Å². The molecule has 1 saturated heterocycles. The minimum absolute atomic E-state index is 0. The summed E-state index contributed by atoms with van der Waals surface area (Å²) in [6.45, 7) is 6.14. The molecular formula is C16H27Cl2N3O3. The summed E-state index contributed by atoms with van der Waals surface area (Å²) in [7, 11) is 1.67. The van der Waals surface area contributed by atoms with Gasteiger partial charge in [0, 0.05) is 51.1 Å². The van der Waals surface area contributed by atoms with E-state index in [0.29, 0.717) is 18.7 Å². The normalized spacial score (nSPS) is 13.6. The fraction of sp³-hybridized carbons (Fsp3) is 0.562. The highest BCUT2D eigenvalue weighted by atomic mass is 35.5. The van der Waals surface area contributed by atoms with Gasteiger partial charge in [-0.15, -0.1) is 24.8 Å². The summed E-state index contributed by atoms with van der Waals surface area (Å²) in [6, 6.07) is 7.74. The van der Waals surface area contributed by atoms with E-state index < -0.39 is 0 Å². The maximum atomic E-state index is 12.0. The van der Waals surface area contributed by atoms with E-state index in [1.54, 1.807) is 7.11 Å². The molecule has 2 rings (SSSR count). The molecule has 0 radical (unpaired) electrons. The molecule has 138 valence electrons. The van der Waals surface area contributed by atoms with Crippen LogP contribution in [0.15, 0.2) is 24.3 Å². The van der Waals surface area contributed by atoms with Crippen molar-refractivity contribution in [3.05, 3.63) is 29.8 Å². The zero-order chi connectivity index (χ0) is 15.6. The number of carbonyl (C=O) groups is 1. The predicted molar refractivity (Wildman–Crippen MR) is 101 cm³/mol. The third kappa shape index (κ3) is 7.68. The lowest BCUT2D eigenvalue weighted by molar-refractivity contribution is 0.0953. The first-order chi connectivity index (χ1) is 10.8. The molecule has 6 nitrogen and oxygen atoms in total. The highest BCUT2D eigenvalue weighted by Crippen LogP contribution is 2.16. The zero-order valence-corrected chi connectivity index (χ0v) is 15.6. The molecule has 1 amide bonds. The second-order valence-corrected chi connectivity index (χ2v) is 5.14. The van der Waals surface area contributed by atoms with Gasteiger partial charge < -0.3 is 25.0 Å². The second-order valence-electron chi connectivity index (χ2n) is 5.14. The standard InChI is InChI=1S/C16H25N3O3.2ClH/c1-21-11-8-17-6-7-18-16(20)14-2-4-15(5-3-14)19-9-12-22-13-10-19;;/h2-5,17H,6-13H2,1H3,(H,18,20);2*1H. The van der Waals surface area contributed by atoms with Crippen molar-refractivity contribution in [2.75, 3.05) is 64.6 Å². The van der Waals surface area contributed by atoms with E-state index in [1.165, 1.54) is 0 Å². The molecule has 0 saturated carbocycles. The Bertz CT molecular complexity index is 454. The fourth-order valence-electron chi connectivity index (χ4n) is 2.31. The number of anilines is 1. The Balaban J connectivity index is 0.00000264. The van der Waals surface area contributed by atoms with Crippen LogP contribution in [0.4, 0.5) is 5.69 Å².